The summed E-state index contributed by atoms with van der Waals surface area (Å²) in [7, 11) is 0. The Morgan fingerprint density at radius 2 is 2.20 bits per heavy atom. The molecule has 5 nitrogen and oxygen atoms in total. The van der Waals surface area contributed by atoms with Crippen molar-refractivity contribution < 1.29 is 9.32 Å². The number of rotatable bonds is 5. The Balaban J connectivity index is 1.63. The van der Waals surface area contributed by atoms with Crippen molar-refractivity contribution >= 4 is 12.0 Å². The van der Waals surface area contributed by atoms with E-state index in [0.717, 1.165) is 37.2 Å². The Labute approximate surface area is 148 Å². The van der Waals surface area contributed by atoms with Gasteiger partial charge < -0.3 is 9.42 Å². The lowest BCUT2D eigenvalue weighted by Gasteiger charge is -2.30. The third-order valence-electron chi connectivity index (χ3n) is 4.81. The summed E-state index contributed by atoms with van der Waals surface area (Å²) in [6.45, 7) is 5.63. The largest absolute Gasteiger partial charge is 0.339 e. The van der Waals surface area contributed by atoms with Gasteiger partial charge in [-0.15, -0.1) is 0 Å². The van der Waals surface area contributed by atoms with E-state index in [4.69, 9.17) is 4.52 Å². The van der Waals surface area contributed by atoms with Crippen LogP contribution in [-0.4, -0.2) is 34.0 Å². The number of aromatic nitrogens is 2. The molecule has 3 rings (SSSR count). The van der Waals surface area contributed by atoms with Gasteiger partial charge in [-0.2, -0.15) is 4.98 Å². The van der Waals surface area contributed by atoms with E-state index in [1.165, 1.54) is 0 Å². The van der Waals surface area contributed by atoms with Gasteiger partial charge in [0.15, 0.2) is 5.82 Å². The second-order valence-electron chi connectivity index (χ2n) is 6.67. The molecule has 0 radical (unpaired) electrons. The van der Waals surface area contributed by atoms with Crippen molar-refractivity contribution in [3.05, 3.63) is 53.7 Å². The highest BCUT2D eigenvalue weighted by molar-refractivity contribution is 5.91. The molecule has 0 aliphatic carbocycles. The van der Waals surface area contributed by atoms with Crippen LogP contribution in [0.15, 0.2) is 40.9 Å². The van der Waals surface area contributed by atoms with Gasteiger partial charge in [-0.25, -0.2) is 0 Å². The fraction of sp³-hybridized carbons (Fsp3) is 0.450. The zero-order valence-corrected chi connectivity index (χ0v) is 14.9. The SMILES string of the molecule is CCC(C)c1noc(C2CCCN(C(=O)/C=C/c3ccccc3)C2)n1. The summed E-state index contributed by atoms with van der Waals surface area (Å²) in [5, 5.41) is 4.10. The Kier molecular flexibility index (Phi) is 5.64. The molecular weight excluding hydrogens is 314 g/mol. The quantitative estimate of drug-likeness (QED) is 0.773. The van der Waals surface area contributed by atoms with Crippen molar-refractivity contribution in [2.45, 2.75) is 44.9 Å². The first-order chi connectivity index (χ1) is 12.2. The van der Waals surface area contributed by atoms with Crippen LogP contribution >= 0.6 is 0 Å². The van der Waals surface area contributed by atoms with Gasteiger partial charge in [0.2, 0.25) is 11.8 Å². The zero-order chi connectivity index (χ0) is 17.6. The fourth-order valence-corrected chi connectivity index (χ4v) is 3.01. The lowest BCUT2D eigenvalue weighted by molar-refractivity contribution is -0.127. The molecule has 1 saturated heterocycles. The van der Waals surface area contributed by atoms with E-state index >= 15 is 0 Å². The number of carbonyl (C=O) groups excluding carboxylic acids is 1. The number of amides is 1. The first kappa shape index (κ1) is 17.4. The molecule has 1 aliphatic rings. The molecule has 0 saturated carbocycles. The maximum absolute atomic E-state index is 12.5. The van der Waals surface area contributed by atoms with Gasteiger partial charge >= 0.3 is 0 Å². The van der Waals surface area contributed by atoms with Crippen LogP contribution in [0.3, 0.4) is 0 Å². The average Bonchev–Trinajstić information content (AvgIpc) is 3.16. The van der Waals surface area contributed by atoms with Crippen LogP contribution in [0.5, 0.6) is 0 Å². The van der Waals surface area contributed by atoms with Gasteiger partial charge in [0.25, 0.3) is 0 Å². The molecule has 25 heavy (non-hydrogen) atoms. The smallest absolute Gasteiger partial charge is 0.246 e. The van der Waals surface area contributed by atoms with Crippen LogP contribution in [0.2, 0.25) is 0 Å². The summed E-state index contributed by atoms with van der Waals surface area (Å²) in [5.74, 6) is 1.90. The molecule has 0 spiro atoms. The topological polar surface area (TPSA) is 59.2 Å². The van der Waals surface area contributed by atoms with Gasteiger partial charge in [0.05, 0.1) is 5.92 Å². The molecule has 5 heteroatoms. The van der Waals surface area contributed by atoms with Gasteiger partial charge in [0, 0.05) is 25.1 Å². The van der Waals surface area contributed by atoms with Crippen molar-refractivity contribution in [2.24, 2.45) is 0 Å². The Morgan fingerprint density at radius 3 is 2.96 bits per heavy atom. The molecule has 1 amide bonds. The molecule has 2 atom stereocenters. The second kappa shape index (κ2) is 8.10. The summed E-state index contributed by atoms with van der Waals surface area (Å²) in [4.78, 5) is 18.9. The summed E-state index contributed by atoms with van der Waals surface area (Å²) >= 11 is 0. The second-order valence-corrected chi connectivity index (χ2v) is 6.67. The first-order valence-electron chi connectivity index (χ1n) is 9.03. The minimum atomic E-state index is 0.0372. The average molecular weight is 339 g/mol. The molecule has 1 aliphatic heterocycles. The lowest BCUT2D eigenvalue weighted by Crippen LogP contribution is -2.38. The van der Waals surface area contributed by atoms with Crippen molar-refractivity contribution in [3.63, 3.8) is 0 Å². The van der Waals surface area contributed by atoms with E-state index in [9.17, 15) is 4.79 Å². The third kappa shape index (κ3) is 4.35. The number of hydrogen-bond acceptors (Lipinski definition) is 4. The first-order valence-corrected chi connectivity index (χ1v) is 9.03. The lowest BCUT2D eigenvalue weighted by atomic mass is 9.97. The summed E-state index contributed by atoms with van der Waals surface area (Å²) in [5.41, 5.74) is 1.03. The molecule has 0 bridgehead atoms. The highest BCUT2D eigenvalue weighted by Crippen LogP contribution is 2.27. The summed E-state index contributed by atoms with van der Waals surface area (Å²) in [6, 6.07) is 9.86. The monoisotopic (exact) mass is 339 g/mol. The van der Waals surface area contributed by atoms with Crippen LogP contribution in [-0.2, 0) is 4.79 Å². The minimum absolute atomic E-state index is 0.0372. The van der Waals surface area contributed by atoms with Crippen LogP contribution in [0.1, 0.15) is 62.2 Å². The van der Waals surface area contributed by atoms with Crippen LogP contribution < -0.4 is 0 Å². The van der Waals surface area contributed by atoms with Crippen molar-refractivity contribution in [2.75, 3.05) is 13.1 Å². The van der Waals surface area contributed by atoms with Crippen molar-refractivity contribution in [1.29, 1.82) is 0 Å². The van der Waals surface area contributed by atoms with Crippen LogP contribution in [0.25, 0.3) is 6.08 Å². The summed E-state index contributed by atoms with van der Waals surface area (Å²) < 4.78 is 5.47. The molecule has 1 aromatic heterocycles. The minimum Gasteiger partial charge on any atom is -0.339 e. The molecular formula is C20H25N3O2. The van der Waals surface area contributed by atoms with Crippen LogP contribution in [0.4, 0.5) is 0 Å². The van der Waals surface area contributed by atoms with Gasteiger partial charge in [0.1, 0.15) is 0 Å². The Morgan fingerprint density at radius 1 is 1.40 bits per heavy atom. The third-order valence-corrected chi connectivity index (χ3v) is 4.81. The Bertz CT molecular complexity index is 724. The molecule has 2 unspecified atom stereocenters. The highest BCUT2D eigenvalue weighted by atomic mass is 16.5. The standard InChI is InChI=1S/C20H25N3O2/c1-3-15(2)19-21-20(25-22-19)17-10-7-13-23(14-17)18(24)12-11-16-8-5-4-6-9-16/h4-6,8-9,11-12,15,17H,3,7,10,13-14H2,1-2H3/b12-11+. The van der Waals surface area contributed by atoms with E-state index in [2.05, 4.69) is 24.0 Å². The predicted octanol–water partition coefficient (Wildman–Crippen LogP) is 4.00. The molecule has 0 N–H and O–H groups in total. The van der Waals surface area contributed by atoms with Crippen molar-refractivity contribution in [3.8, 4) is 0 Å². The van der Waals surface area contributed by atoms with E-state index in [0.29, 0.717) is 18.4 Å². The van der Waals surface area contributed by atoms with E-state index < -0.39 is 0 Å². The van der Waals surface area contributed by atoms with Crippen LogP contribution in [0, 0.1) is 0 Å². The van der Waals surface area contributed by atoms with E-state index in [1.54, 1.807) is 6.08 Å². The van der Waals surface area contributed by atoms with Gasteiger partial charge in [-0.1, -0.05) is 49.3 Å². The number of piperidine rings is 1. The number of hydrogen-bond donors (Lipinski definition) is 0. The van der Waals surface area contributed by atoms with Gasteiger partial charge in [-0.05, 0) is 30.9 Å². The van der Waals surface area contributed by atoms with E-state index in [-0.39, 0.29) is 11.8 Å². The number of benzene rings is 1. The van der Waals surface area contributed by atoms with Gasteiger partial charge in [-0.3, -0.25) is 4.79 Å². The number of likely N-dealkylation sites (tertiary alicyclic amines) is 1. The molecule has 2 aromatic rings. The highest BCUT2D eigenvalue weighted by Gasteiger charge is 2.28. The predicted molar refractivity (Wildman–Crippen MR) is 97.0 cm³/mol. The number of nitrogens with zero attached hydrogens (tertiary/aromatic N) is 3. The molecule has 1 fully saturated rings. The molecule has 1 aromatic carbocycles. The van der Waals surface area contributed by atoms with E-state index in [1.807, 2.05) is 41.3 Å². The zero-order valence-electron chi connectivity index (χ0n) is 14.9. The summed E-state index contributed by atoms with van der Waals surface area (Å²) in [6.07, 6.45) is 6.43. The fourth-order valence-electron chi connectivity index (χ4n) is 3.01. The normalized spacial score (nSPS) is 19.3. The maximum atomic E-state index is 12.5. The van der Waals surface area contributed by atoms with Crippen molar-refractivity contribution in [1.82, 2.24) is 15.0 Å². The number of carbonyl (C=O) groups is 1. The molecule has 2 heterocycles. The maximum Gasteiger partial charge on any atom is 0.246 e. The molecule has 132 valence electrons. The Hall–Kier alpha value is -2.43.